The van der Waals surface area contributed by atoms with Crippen LogP contribution in [0.15, 0.2) is 24.3 Å². The molecule has 2 unspecified atom stereocenters. The highest BCUT2D eigenvalue weighted by Gasteiger charge is 2.29. The summed E-state index contributed by atoms with van der Waals surface area (Å²) in [5.74, 6) is -1.42. The van der Waals surface area contributed by atoms with Crippen LogP contribution in [0.4, 0.5) is 5.69 Å². The molecule has 0 radical (unpaired) electrons. The minimum Gasteiger partial charge on any atom is -0.481 e. The van der Waals surface area contributed by atoms with Gasteiger partial charge in [0, 0.05) is 11.7 Å². The molecule has 2 atom stereocenters. The Bertz CT molecular complexity index is 648. The second kappa shape index (κ2) is 11.0. The van der Waals surface area contributed by atoms with E-state index in [0.717, 1.165) is 36.9 Å². The second-order valence-corrected chi connectivity index (χ2v) is 8.00. The molecule has 1 aromatic carbocycles. The maximum atomic E-state index is 12.2. The number of carboxylic acid groups (broad SMARTS) is 1. The molecule has 0 spiro atoms. The van der Waals surface area contributed by atoms with Crippen LogP contribution in [-0.4, -0.2) is 40.4 Å². The molecule has 0 aliphatic heterocycles. The minimum absolute atomic E-state index is 0.143. The van der Waals surface area contributed by atoms with Crippen LogP contribution in [0.3, 0.4) is 0 Å². The Kier molecular flexibility index (Phi) is 8.64. The molecule has 0 aromatic heterocycles. The predicted molar refractivity (Wildman–Crippen MR) is 108 cm³/mol. The fraction of sp³-hybridized carbons (Fsp3) is 0.550. The van der Waals surface area contributed by atoms with E-state index in [0.29, 0.717) is 12.8 Å². The molecular weight excluding hydrogens is 364 g/mol. The average Bonchev–Trinajstić information content (AvgIpc) is 2.59. The molecule has 1 fully saturated rings. The number of carboxylic acids is 1. The van der Waals surface area contributed by atoms with Gasteiger partial charge in [-0.3, -0.25) is 14.4 Å². The molecule has 27 heavy (non-hydrogen) atoms. The Morgan fingerprint density at radius 1 is 1.00 bits per heavy atom. The first-order chi connectivity index (χ1) is 13.0. The van der Waals surface area contributed by atoms with E-state index in [4.69, 9.17) is 0 Å². The van der Waals surface area contributed by atoms with Crippen molar-refractivity contribution in [3.63, 3.8) is 0 Å². The third kappa shape index (κ3) is 7.62. The van der Waals surface area contributed by atoms with Crippen molar-refractivity contribution in [2.24, 2.45) is 5.92 Å². The highest BCUT2D eigenvalue weighted by atomic mass is 32.2. The summed E-state index contributed by atoms with van der Waals surface area (Å²) in [5.41, 5.74) is 1.85. The van der Waals surface area contributed by atoms with E-state index in [2.05, 4.69) is 10.6 Å². The Labute approximate surface area is 164 Å². The van der Waals surface area contributed by atoms with E-state index in [1.54, 1.807) is 0 Å². The second-order valence-electron chi connectivity index (χ2n) is 7.02. The van der Waals surface area contributed by atoms with Crippen molar-refractivity contribution in [3.05, 3.63) is 29.8 Å². The number of hydrogen-bond acceptors (Lipinski definition) is 4. The molecule has 6 nitrogen and oxygen atoms in total. The van der Waals surface area contributed by atoms with Gasteiger partial charge in [0.2, 0.25) is 11.8 Å². The molecule has 0 heterocycles. The maximum absolute atomic E-state index is 12.2. The maximum Gasteiger partial charge on any atom is 0.308 e. The zero-order valence-electron chi connectivity index (χ0n) is 15.7. The van der Waals surface area contributed by atoms with Crippen LogP contribution >= 0.6 is 11.8 Å². The molecule has 2 amide bonds. The minimum atomic E-state index is -0.840. The molecule has 1 aliphatic rings. The van der Waals surface area contributed by atoms with Gasteiger partial charge in [-0.05, 0) is 31.9 Å². The largest absolute Gasteiger partial charge is 0.481 e. The van der Waals surface area contributed by atoms with Gasteiger partial charge < -0.3 is 15.7 Å². The van der Waals surface area contributed by atoms with Gasteiger partial charge in [0.15, 0.2) is 0 Å². The molecule has 1 aliphatic carbocycles. The molecule has 2 rings (SSSR count). The number of rotatable bonds is 7. The first kappa shape index (κ1) is 21.3. The van der Waals surface area contributed by atoms with Crippen molar-refractivity contribution in [2.75, 3.05) is 16.8 Å². The predicted octanol–water partition coefficient (Wildman–Crippen LogP) is 3.21. The van der Waals surface area contributed by atoms with Gasteiger partial charge >= 0.3 is 5.97 Å². The third-order valence-electron chi connectivity index (χ3n) is 4.73. The van der Waals surface area contributed by atoms with Crippen LogP contribution in [-0.2, 0) is 14.4 Å². The first-order valence-electron chi connectivity index (χ1n) is 9.42. The molecule has 1 aromatic rings. The van der Waals surface area contributed by atoms with E-state index in [9.17, 15) is 19.5 Å². The highest BCUT2D eigenvalue weighted by molar-refractivity contribution is 8.00. The lowest BCUT2D eigenvalue weighted by Gasteiger charge is -2.27. The molecule has 0 bridgehead atoms. The summed E-state index contributed by atoms with van der Waals surface area (Å²) in [6.07, 6.45) is 5.24. The van der Waals surface area contributed by atoms with Gasteiger partial charge in [0.05, 0.1) is 17.4 Å². The monoisotopic (exact) mass is 392 g/mol. The van der Waals surface area contributed by atoms with Gasteiger partial charge in [-0.2, -0.15) is 0 Å². The van der Waals surface area contributed by atoms with Crippen molar-refractivity contribution < 1.29 is 19.5 Å². The van der Waals surface area contributed by atoms with E-state index >= 15 is 0 Å². The molecule has 1 saturated carbocycles. The summed E-state index contributed by atoms with van der Waals surface area (Å²) in [7, 11) is 0. The Morgan fingerprint density at radius 3 is 2.30 bits per heavy atom. The van der Waals surface area contributed by atoms with Gasteiger partial charge in [0.1, 0.15) is 0 Å². The van der Waals surface area contributed by atoms with Crippen molar-refractivity contribution in [2.45, 2.75) is 51.5 Å². The average molecular weight is 393 g/mol. The summed E-state index contributed by atoms with van der Waals surface area (Å²) in [6.45, 7) is 1.98. The molecule has 3 N–H and O–H groups in total. The molecule has 148 valence electrons. The Hall–Kier alpha value is -2.02. The number of anilines is 1. The van der Waals surface area contributed by atoms with Crippen LogP contribution < -0.4 is 10.6 Å². The SMILES string of the molecule is Cc1ccc(NC(=O)CSCC(=O)NC2CCCCCCC2C(=O)O)cc1. The lowest BCUT2D eigenvalue weighted by molar-refractivity contribution is -0.143. The van der Waals surface area contributed by atoms with Crippen LogP contribution in [0, 0.1) is 12.8 Å². The van der Waals surface area contributed by atoms with E-state index in [-0.39, 0.29) is 29.4 Å². The molecule has 7 heteroatoms. The number of benzene rings is 1. The number of carbonyl (C=O) groups excluding carboxylic acids is 2. The zero-order chi connectivity index (χ0) is 19.6. The number of carbonyl (C=O) groups is 3. The van der Waals surface area contributed by atoms with Crippen LogP contribution in [0.25, 0.3) is 0 Å². The van der Waals surface area contributed by atoms with Crippen LogP contribution in [0.1, 0.15) is 44.1 Å². The van der Waals surface area contributed by atoms with E-state index < -0.39 is 11.9 Å². The molecule has 0 saturated heterocycles. The Morgan fingerprint density at radius 2 is 1.63 bits per heavy atom. The smallest absolute Gasteiger partial charge is 0.308 e. The summed E-state index contributed by atoms with van der Waals surface area (Å²) < 4.78 is 0. The summed E-state index contributed by atoms with van der Waals surface area (Å²) in [6, 6.07) is 7.20. The van der Waals surface area contributed by atoms with E-state index in [1.807, 2.05) is 31.2 Å². The number of thioether (sulfide) groups is 1. The lowest BCUT2D eigenvalue weighted by atomic mass is 9.87. The fourth-order valence-electron chi connectivity index (χ4n) is 3.27. The van der Waals surface area contributed by atoms with Crippen LogP contribution in [0.2, 0.25) is 0 Å². The normalized spacial score (nSPS) is 20.2. The van der Waals surface area contributed by atoms with Crippen LogP contribution in [0.5, 0.6) is 0 Å². The number of amides is 2. The highest BCUT2D eigenvalue weighted by Crippen LogP contribution is 2.23. The standard InChI is InChI=1S/C20H28N2O4S/c1-14-8-10-15(11-9-14)21-18(23)12-27-13-19(24)22-17-7-5-3-2-4-6-16(17)20(25)26/h8-11,16-17H,2-7,12-13H2,1H3,(H,21,23)(H,22,24)(H,25,26). The van der Waals surface area contributed by atoms with Gasteiger partial charge in [0.25, 0.3) is 0 Å². The first-order valence-corrected chi connectivity index (χ1v) is 10.6. The molecular formula is C20H28N2O4S. The van der Waals surface area contributed by atoms with Crippen molar-refractivity contribution >= 4 is 35.2 Å². The summed E-state index contributed by atoms with van der Waals surface area (Å²) in [5, 5.41) is 15.1. The van der Waals surface area contributed by atoms with Crippen molar-refractivity contribution in [3.8, 4) is 0 Å². The quantitative estimate of drug-likeness (QED) is 0.662. The van der Waals surface area contributed by atoms with Crippen molar-refractivity contribution in [1.29, 1.82) is 0 Å². The number of aryl methyl sites for hydroxylation is 1. The fourth-order valence-corrected chi connectivity index (χ4v) is 3.90. The number of hydrogen-bond donors (Lipinski definition) is 3. The number of aliphatic carboxylic acids is 1. The Balaban J connectivity index is 1.74. The zero-order valence-corrected chi connectivity index (χ0v) is 16.5. The summed E-state index contributed by atoms with van der Waals surface area (Å²) in [4.78, 5) is 35.7. The van der Waals surface area contributed by atoms with Gasteiger partial charge in [-0.15, -0.1) is 11.8 Å². The number of nitrogens with one attached hydrogen (secondary N) is 2. The lowest BCUT2D eigenvalue weighted by Crippen LogP contribution is -2.44. The van der Waals surface area contributed by atoms with Crippen molar-refractivity contribution in [1.82, 2.24) is 5.32 Å². The van der Waals surface area contributed by atoms with E-state index in [1.165, 1.54) is 11.8 Å². The summed E-state index contributed by atoms with van der Waals surface area (Å²) >= 11 is 1.23. The topological polar surface area (TPSA) is 95.5 Å². The van der Waals surface area contributed by atoms with Gasteiger partial charge in [-0.25, -0.2) is 0 Å². The van der Waals surface area contributed by atoms with Gasteiger partial charge in [-0.1, -0.05) is 43.4 Å². The third-order valence-corrected chi connectivity index (χ3v) is 5.66.